The Kier molecular flexibility index (Phi) is 6.71. The van der Waals surface area contributed by atoms with Crippen LogP contribution in [-0.4, -0.2) is 72.2 Å². The third kappa shape index (κ3) is 5.04. The molecule has 2 atom stereocenters. The summed E-state index contributed by atoms with van der Waals surface area (Å²) in [5.74, 6) is 7.61. The Morgan fingerprint density at radius 1 is 1.33 bits per heavy atom. The van der Waals surface area contributed by atoms with Gasteiger partial charge in [-0.25, -0.2) is 9.97 Å². The highest BCUT2D eigenvalue weighted by molar-refractivity contribution is 6.18. The predicted octanol–water partition coefficient (Wildman–Crippen LogP) is 1.93. The van der Waals surface area contributed by atoms with Gasteiger partial charge in [-0.3, -0.25) is 9.79 Å². The number of carbonyl (C=O) groups is 1. The summed E-state index contributed by atoms with van der Waals surface area (Å²) in [7, 11) is 5.57. The Labute approximate surface area is 194 Å². The number of carbonyl (C=O) groups excluding carboxylic acids is 1. The summed E-state index contributed by atoms with van der Waals surface area (Å²) in [4.78, 5) is 30.0. The van der Waals surface area contributed by atoms with Gasteiger partial charge in [-0.2, -0.15) is 0 Å². The number of anilines is 1. The third-order valence-corrected chi connectivity index (χ3v) is 5.80. The summed E-state index contributed by atoms with van der Waals surface area (Å²) in [6.07, 6.45) is 5.86. The van der Waals surface area contributed by atoms with Crippen molar-refractivity contribution in [3.63, 3.8) is 0 Å². The predicted molar refractivity (Wildman–Crippen MR) is 128 cm³/mol. The highest BCUT2D eigenvalue weighted by Crippen LogP contribution is 2.39. The fourth-order valence-electron chi connectivity index (χ4n) is 4.12. The lowest BCUT2D eigenvalue weighted by Gasteiger charge is -2.18. The average Bonchev–Trinajstić information content (AvgIpc) is 3.43. The van der Waals surface area contributed by atoms with Gasteiger partial charge >= 0.3 is 0 Å². The molecule has 2 aliphatic rings. The lowest BCUT2D eigenvalue weighted by molar-refractivity contribution is -0.125. The van der Waals surface area contributed by atoms with Crippen LogP contribution in [0.2, 0.25) is 0 Å². The number of methoxy groups -OCH3 is 1. The van der Waals surface area contributed by atoms with Gasteiger partial charge in [-0.1, -0.05) is 18.1 Å². The monoisotopic (exact) mass is 444 g/mol. The number of fused-ring (bicyclic) bond motifs is 1. The first kappa shape index (κ1) is 22.5. The highest BCUT2D eigenvalue weighted by Gasteiger charge is 2.38. The zero-order chi connectivity index (χ0) is 23.4. The number of nitrogens with zero attached hydrogens (tertiary/aromatic N) is 5. The molecule has 33 heavy (non-hydrogen) atoms. The number of benzene rings is 1. The Bertz CT molecular complexity index is 1160. The van der Waals surface area contributed by atoms with E-state index in [-0.39, 0.29) is 17.9 Å². The second-order valence-electron chi connectivity index (χ2n) is 8.42. The lowest BCUT2D eigenvalue weighted by Crippen LogP contribution is -2.28. The van der Waals surface area contributed by atoms with Crippen molar-refractivity contribution >= 4 is 17.4 Å². The SMILES string of the molecule is COc1cccc(C#CC2=N[C@H](C3CCN(C(=O)/C=C/CN(C)C)C3)c3ncnc(N)c32)c1. The zero-order valence-corrected chi connectivity index (χ0v) is 19.2. The number of amides is 1. The molecule has 170 valence electrons. The fraction of sp³-hybridized carbons (Fsp3) is 0.360. The molecule has 2 aliphatic heterocycles. The van der Waals surface area contributed by atoms with Gasteiger partial charge in [-0.15, -0.1) is 0 Å². The number of nitrogens with two attached hydrogens (primary N) is 1. The number of aliphatic imine (C=N–C) groups is 1. The summed E-state index contributed by atoms with van der Waals surface area (Å²) in [5, 5.41) is 0. The van der Waals surface area contributed by atoms with Gasteiger partial charge in [0.05, 0.1) is 24.4 Å². The summed E-state index contributed by atoms with van der Waals surface area (Å²) in [6, 6.07) is 7.36. The molecule has 0 aliphatic carbocycles. The summed E-state index contributed by atoms with van der Waals surface area (Å²) < 4.78 is 5.27. The first-order valence-corrected chi connectivity index (χ1v) is 10.9. The summed E-state index contributed by atoms with van der Waals surface area (Å²) in [6.45, 7) is 2.05. The molecule has 1 saturated heterocycles. The van der Waals surface area contributed by atoms with Gasteiger partial charge in [0, 0.05) is 37.2 Å². The van der Waals surface area contributed by atoms with Gasteiger partial charge in [0.15, 0.2) is 0 Å². The molecule has 2 N–H and O–H groups in total. The Morgan fingerprint density at radius 2 is 2.18 bits per heavy atom. The molecule has 3 heterocycles. The van der Waals surface area contributed by atoms with E-state index in [4.69, 9.17) is 15.5 Å². The number of nitrogen functional groups attached to an aromatic ring is 1. The number of hydrogen-bond donors (Lipinski definition) is 1. The molecule has 0 spiro atoms. The van der Waals surface area contributed by atoms with Crippen LogP contribution in [0.25, 0.3) is 0 Å². The number of aromatic nitrogens is 2. The summed E-state index contributed by atoms with van der Waals surface area (Å²) >= 11 is 0. The van der Waals surface area contributed by atoms with Crippen LogP contribution in [0.5, 0.6) is 5.75 Å². The van der Waals surface area contributed by atoms with E-state index in [0.29, 0.717) is 30.2 Å². The number of likely N-dealkylation sites (N-methyl/N-ethyl adjacent to an activating group) is 1. The molecule has 1 unspecified atom stereocenters. The molecule has 1 aromatic heterocycles. The second-order valence-corrected chi connectivity index (χ2v) is 8.42. The molecule has 1 fully saturated rings. The van der Waals surface area contributed by atoms with Crippen LogP contribution >= 0.6 is 0 Å². The van der Waals surface area contributed by atoms with Crippen molar-refractivity contribution in [2.75, 3.05) is 46.6 Å². The van der Waals surface area contributed by atoms with Crippen LogP contribution in [0.4, 0.5) is 5.82 Å². The maximum absolute atomic E-state index is 12.6. The third-order valence-electron chi connectivity index (χ3n) is 5.80. The second kappa shape index (κ2) is 9.84. The van der Waals surface area contributed by atoms with Crippen molar-refractivity contribution in [3.8, 4) is 17.6 Å². The summed E-state index contributed by atoms with van der Waals surface area (Å²) in [5.41, 5.74) is 9.10. The van der Waals surface area contributed by atoms with Crippen molar-refractivity contribution in [2.45, 2.75) is 12.5 Å². The van der Waals surface area contributed by atoms with Crippen molar-refractivity contribution in [1.82, 2.24) is 19.8 Å². The minimum atomic E-state index is -0.191. The fourth-order valence-corrected chi connectivity index (χ4v) is 4.12. The van der Waals surface area contributed by atoms with Crippen molar-refractivity contribution in [3.05, 3.63) is 59.6 Å². The molecular formula is C25H28N6O2. The highest BCUT2D eigenvalue weighted by atomic mass is 16.5. The van der Waals surface area contributed by atoms with Crippen molar-refractivity contribution < 1.29 is 9.53 Å². The number of ether oxygens (including phenoxy) is 1. The van der Waals surface area contributed by atoms with E-state index in [1.165, 1.54) is 6.33 Å². The lowest BCUT2D eigenvalue weighted by atomic mass is 9.95. The van der Waals surface area contributed by atoms with Gasteiger partial charge in [-0.05, 0) is 44.6 Å². The minimum Gasteiger partial charge on any atom is -0.497 e. The van der Waals surface area contributed by atoms with Crippen LogP contribution in [0, 0.1) is 17.8 Å². The molecule has 1 amide bonds. The molecule has 2 aromatic rings. The van der Waals surface area contributed by atoms with E-state index >= 15 is 0 Å². The quantitative estimate of drug-likeness (QED) is 0.559. The molecule has 8 nitrogen and oxygen atoms in total. The molecule has 0 radical (unpaired) electrons. The van der Waals surface area contributed by atoms with Crippen LogP contribution in [-0.2, 0) is 4.79 Å². The average molecular weight is 445 g/mol. The number of hydrogen-bond acceptors (Lipinski definition) is 7. The molecule has 0 saturated carbocycles. The Hall–Kier alpha value is -3.70. The van der Waals surface area contributed by atoms with Crippen LogP contribution in [0.15, 0.2) is 47.7 Å². The van der Waals surface area contributed by atoms with E-state index in [9.17, 15) is 4.79 Å². The Morgan fingerprint density at radius 3 is 2.97 bits per heavy atom. The largest absolute Gasteiger partial charge is 0.497 e. The minimum absolute atomic E-state index is 0.0294. The van der Waals surface area contributed by atoms with Crippen molar-refractivity contribution in [1.29, 1.82) is 0 Å². The van der Waals surface area contributed by atoms with Crippen LogP contribution in [0.3, 0.4) is 0 Å². The van der Waals surface area contributed by atoms with E-state index in [1.54, 1.807) is 13.2 Å². The smallest absolute Gasteiger partial charge is 0.246 e. The molecular weight excluding hydrogens is 416 g/mol. The zero-order valence-electron chi connectivity index (χ0n) is 19.2. The molecule has 0 bridgehead atoms. The van der Waals surface area contributed by atoms with Gasteiger partial charge in [0.1, 0.15) is 23.6 Å². The van der Waals surface area contributed by atoms with E-state index in [2.05, 4.69) is 21.8 Å². The van der Waals surface area contributed by atoms with E-state index < -0.39 is 0 Å². The normalized spacial score (nSPS) is 19.4. The number of rotatable bonds is 5. The van der Waals surface area contributed by atoms with Crippen LogP contribution < -0.4 is 10.5 Å². The molecule has 1 aromatic carbocycles. The Balaban J connectivity index is 1.56. The maximum Gasteiger partial charge on any atom is 0.246 e. The molecule has 4 rings (SSSR count). The molecule has 8 heteroatoms. The van der Waals surface area contributed by atoms with E-state index in [0.717, 1.165) is 30.0 Å². The topological polar surface area (TPSA) is 96.9 Å². The van der Waals surface area contributed by atoms with Crippen LogP contribution in [0.1, 0.15) is 29.3 Å². The van der Waals surface area contributed by atoms with Gasteiger partial charge < -0.3 is 20.3 Å². The first-order valence-electron chi connectivity index (χ1n) is 10.9. The standard InChI is InChI=1S/C25H28N6O2/c1-30(2)12-5-8-21(32)31-13-11-18(15-31)23-24-22(25(26)28-16-27-24)20(29-23)10-9-17-6-4-7-19(14-17)33-3/h4-8,14,16,18,23H,11-13,15H2,1-3H3,(H2,26,27,28)/b8-5+/t18?,23-/m1/s1. The maximum atomic E-state index is 12.6. The van der Waals surface area contributed by atoms with E-state index in [1.807, 2.05) is 54.2 Å². The van der Waals surface area contributed by atoms with Gasteiger partial charge in [0.2, 0.25) is 5.91 Å². The number of likely N-dealkylation sites (tertiary alicyclic amines) is 1. The van der Waals surface area contributed by atoms with Crippen molar-refractivity contribution in [2.24, 2.45) is 10.9 Å². The first-order chi connectivity index (χ1) is 16.0. The van der Waals surface area contributed by atoms with Gasteiger partial charge in [0.25, 0.3) is 0 Å².